The first-order chi connectivity index (χ1) is 7.11. The highest BCUT2D eigenvalue weighted by Gasteiger charge is 2.17. The summed E-state index contributed by atoms with van der Waals surface area (Å²) in [6.07, 6.45) is 0.743. The highest BCUT2D eigenvalue weighted by molar-refractivity contribution is 5.27. The Labute approximate surface area is 89.5 Å². The van der Waals surface area contributed by atoms with Crippen molar-refractivity contribution in [3.8, 4) is 0 Å². The van der Waals surface area contributed by atoms with Crippen LogP contribution in [0.4, 0.5) is 8.78 Å². The van der Waals surface area contributed by atoms with Gasteiger partial charge in [0.25, 0.3) is 0 Å². The molecule has 0 bridgehead atoms. The molecule has 0 aliphatic carbocycles. The molecule has 1 atom stereocenters. The van der Waals surface area contributed by atoms with E-state index in [9.17, 15) is 8.78 Å². The Morgan fingerprint density at radius 2 is 1.87 bits per heavy atom. The lowest BCUT2D eigenvalue weighted by molar-refractivity contribution is 0.457. The molecule has 1 nitrogen and oxygen atoms in total. The van der Waals surface area contributed by atoms with Gasteiger partial charge < -0.3 is 5.32 Å². The van der Waals surface area contributed by atoms with E-state index in [1.807, 2.05) is 13.8 Å². The number of rotatable bonds is 4. The van der Waals surface area contributed by atoms with Crippen LogP contribution < -0.4 is 5.32 Å². The largest absolute Gasteiger partial charge is 0.310 e. The van der Waals surface area contributed by atoms with E-state index < -0.39 is 11.6 Å². The molecule has 0 spiro atoms. The normalized spacial score (nSPS) is 12.9. The molecule has 0 aliphatic heterocycles. The molecular weight excluding hydrogens is 196 g/mol. The molecule has 0 radical (unpaired) electrons. The molecule has 3 heteroatoms. The summed E-state index contributed by atoms with van der Waals surface area (Å²) in [7, 11) is 0. The Kier molecular flexibility index (Phi) is 4.21. The number of halogens is 2. The molecule has 1 aromatic carbocycles. The summed E-state index contributed by atoms with van der Waals surface area (Å²) in [6.45, 7) is 6.21. The Morgan fingerprint density at radius 1 is 1.20 bits per heavy atom. The van der Waals surface area contributed by atoms with Crippen LogP contribution in [0.25, 0.3) is 0 Å². The van der Waals surface area contributed by atoms with E-state index in [1.165, 1.54) is 0 Å². The fraction of sp³-hybridized carbons (Fsp3) is 0.500. The third-order valence-corrected chi connectivity index (χ3v) is 2.54. The average molecular weight is 213 g/mol. The maximum atomic E-state index is 13.6. The highest BCUT2D eigenvalue weighted by Crippen LogP contribution is 2.23. The fourth-order valence-electron chi connectivity index (χ4n) is 1.65. The van der Waals surface area contributed by atoms with Crippen molar-refractivity contribution in [2.45, 2.75) is 33.2 Å². The second-order valence-corrected chi connectivity index (χ2v) is 3.62. The second kappa shape index (κ2) is 5.21. The number of benzene rings is 1. The van der Waals surface area contributed by atoms with Crippen LogP contribution in [0.15, 0.2) is 12.1 Å². The van der Waals surface area contributed by atoms with Gasteiger partial charge in [-0.15, -0.1) is 0 Å². The zero-order valence-electron chi connectivity index (χ0n) is 9.40. The molecule has 0 fully saturated rings. The zero-order valence-corrected chi connectivity index (χ0v) is 9.40. The molecule has 15 heavy (non-hydrogen) atoms. The summed E-state index contributed by atoms with van der Waals surface area (Å²) >= 11 is 0. The summed E-state index contributed by atoms with van der Waals surface area (Å²) in [5, 5.41) is 3.13. The number of nitrogens with one attached hydrogen (secondary N) is 1. The molecule has 1 rings (SSSR count). The molecule has 0 amide bonds. The Hall–Kier alpha value is -0.960. The fourth-order valence-corrected chi connectivity index (χ4v) is 1.65. The van der Waals surface area contributed by atoms with E-state index in [0.29, 0.717) is 11.1 Å². The quantitative estimate of drug-likeness (QED) is 0.808. The maximum Gasteiger partial charge on any atom is 0.163 e. The molecule has 0 saturated carbocycles. The average Bonchev–Trinajstić information content (AvgIpc) is 2.24. The van der Waals surface area contributed by atoms with Crippen LogP contribution >= 0.6 is 0 Å². The molecule has 1 N–H and O–H groups in total. The van der Waals surface area contributed by atoms with E-state index in [1.54, 1.807) is 19.1 Å². The third-order valence-electron chi connectivity index (χ3n) is 2.54. The van der Waals surface area contributed by atoms with Crippen molar-refractivity contribution < 1.29 is 8.78 Å². The van der Waals surface area contributed by atoms with Crippen LogP contribution in [-0.4, -0.2) is 6.54 Å². The van der Waals surface area contributed by atoms with Gasteiger partial charge in [0.15, 0.2) is 11.6 Å². The molecule has 1 unspecified atom stereocenters. The van der Waals surface area contributed by atoms with Gasteiger partial charge in [-0.2, -0.15) is 0 Å². The molecular formula is C12H17F2N. The van der Waals surface area contributed by atoms with Crippen LogP contribution in [0.2, 0.25) is 0 Å². The van der Waals surface area contributed by atoms with E-state index >= 15 is 0 Å². The number of aryl methyl sites for hydroxylation is 1. The summed E-state index contributed by atoms with van der Waals surface area (Å²) < 4.78 is 26.9. The van der Waals surface area contributed by atoms with Gasteiger partial charge in [-0.25, -0.2) is 8.78 Å². The van der Waals surface area contributed by atoms with Crippen molar-refractivity contribution in [2.24, 2.45) is 0 Å². The van der Waals surface area contributed by atoms with Crippen molar-refractivity contribution >= 4 is 0 Å². The molecule has 0 aromatic heterocycles. The molecule has 0 aliphatic rings. The number of hydrogen-bond acceptors (Lipinski definition) is 1. The topological polar surface area (TPSA) is 12.0 Å². The minimum Gasteiger partial charge on any atom is -0.310 e. The lowest BCUT2D eigenvalue weighted by atomic mass is 10.0. The first-order valence-electron chi connectivity index (χ1n) is 5.29. The van der Waals surface area contributed by atoms with Gasteiger partial charge in [0, 0.05) is 11.6 Å². The molecule has 1 aromatic rings. The van der Waals surface area contributed by atoms with Gasteiger partial charge in [0.05, 0.1) is 0 Å². The van der Waals surface area contributed by atoms with Crippen LogP contribution in [0.1, 0.15) is 37.4 Å². The SMILES string of the molecule is CCNC(CC)c1ccc(C)c(F)c1F. The van der Waals surface area contributed by atoms with Gasteiger partial charge >= 0.3 is 0 Å². The lowest BCUT2D eigenvalue weighted by Crippen LogP contribution is -2.21. The third kappa shape index (κ3) is 2.53. The molecule has 0 saturated heterocycles. The van der Waals surface area contributed by atoms with Gasteiger partial charge in [0.2, 0.25) is 0 Å². The van der Waals surface area contributed by atoms with Crippen LogP contribution in [0.3, 0.4) is 0 Å². The Morgan fingerprint density at radius 3 is 2.40 bits per heavy atom. The predicted molar refractivity (Wildman–Crippen MR) is 57.8 cm³/mol. The Bertz CT molecular complexity index is 337. The first kappa shape index (κ1) is 12.1. The summed E-state index contributed by atoms with van der Waals surface area (Å²) in [4.78, 5) is 0. The molecule has 0 heterocycles. The second-order valence-electron chi connectivity index (χ2n) is 3.62. The summed E-state index contributed by atoms with van der Waals surface area (Å²) in [5.41, 5.74) is 0.769. The summed E-state index contributed by atoms with van der Waals surface area (Å²) in [6, 6.07) is 3.17. The van der Waals surface area contributed by atoms with Crippen LogP contribution in [0, 0.1) is 18.6 Å². The minimum atomic E-state index is -0.733. The Balaban J connectivity index is 3.07. The smallest absolute Gasteiger partial charge is 0.163 e. The standard InChI is InChI=1S/C12H17F2N/c1-4-10(15-5-2)9-7-6-8(3)11(13)12(9)14/h6-7,10,15H,4-5H2,1-3H3. The highest BCUT2D eigenvalue weighted by atomic mass is 19.2. The predicted octanol–water partition coefficient (Wildman–Crippen LogP) is 3.33. The van der Waals surface area contributed by atoms with Gasteiger partial charge in [-0.05, 0) is 25.5 Å². The zero-order chi connectivity index (χ0) is 11.4. The van der Waals surface area contributed by atoms with E-state index in [2.05, 4.69) is 5.32 Å². The minimum absolute atomic E-state index is 0.106. The van der Waals surface area contributed by atoms with E-state index in [0.717, 1.165) is 13.0 Å². The maximum absolute atomic E-state index is 13.6. The number of hydrogen-bond donors (Lipinski definition) is 1. The van der Waals surface area contributed by atoms with Crippen molar-refractivity contribution in [3.63, 3.8) is 0 Å². The van der Waals surface area contributed by atoms with Gasteiger partial charge in [-0.1, -0.05) is 26.0 Å². The lowest BCUT2D eigenvalue weighted by Gasteiger charge is -2.17. The van der Waals surface area contributed by atoms with Crippen molar-refractivity contribution in [2.75, 3.05) is 6.54 Å². The van der Waals surface area contributed by atoms with Crippen molar-refractivity contribution in [3.05, 3.63) is 34.9 Å². The van der Waals surface area contributed by atoms with E-state index in [4.69, 9.17) is 0 Å². The first-order valence-corrected chi connectivity index (χ1v) is 5.29. The van der Waals surface area contributed by atoms with Gasteiger partial charge in [0.1, 0.15) is 0 Å². The van der Waals surface area contributed by atoms with E-state index in [-0.39, 0.29) is 6.04 Å². The van der Waals surface area contributed by atoms with Crippen molar-refractivity contribution in [1.29, 1.82) is 0 Å². The van der Waals surface area contributed by atoms with Gasteiger partial charge in [-0.3, -0.25) is 0 Å². The molecule has 84 valence electrons. The summed E-state index contributed by atoms with van der Waals surface area (Å²) in [5.74, 6) is -1.45. The van der Waals surface area contributed by atoms with Crippen LogP contribution in [0.5, 0.6) is 0 Å². The van der Waals surface area contributed by atoms with Crippen molar-refractivity contribution in [1.82, 2.24) is 5.32 Å². The van der Waals surface area contributed by atoms with Crippen LogP contribution in [-0.2, 0) is 0 Å². The monoisotopic (exact) mass is 213 g/mol.